The molecule has 1 atom stereocenters. The average molecular weight is 318 g/mol. The Morgan fingerprint density at radius 1 is 1.43 bits per heavy atom. The zero-order chi connectivity index (χ0) is 16.4. The Bertz CT molecular complexity index is 569. The maximum absolute atomic E-state index is 11.6. The number of rotatable bonds is 4. The van der Waals surface area contributed by atoms with E-state index in [2.05, 4.69) is 26.7 Å². The van der Waals surface area contributed by atoms with Gasteiger partial charge in [-0.05, 0) is 50.6 Å². The first kappa shape index (κ1) is 16.2. The number of aryl methyl sites for hydroxylation is 1. The van der Waals surface area contributed by atoms with E-state index in [1.807, 2.05) is 13.0 Å². The molecule has 2 aliphatic rings. The molecule has 3 heterocycles. The van der Waals surface area contributed by atoms with Crippen molar-refractivity contribution in [3.63, 3.8) is 0 Å². The van der Waals surface area contributed by atoms with Crippen LogP contribution in [0.1, 0.15) is 38.3 Å². The lowest BCUT2D eigenvalue weighted by Crippen LogP contribution is -2.42. The number of carboxylic acids is 1. The van der Waals surface area contributed by atoms with Gasteiger partial charge in [-0.25, -0.2) is 9.97 Å². The first-order chi connectivity index (χ1) is 11.0. The largest absolute Gasteiger partial charge is 0.480 e. The molecule has 2 fully saturated rings. The molecule has 0 aromatic carbocycles. The summed E-state index contributed by atoms with van der Waals surface area (Å²) in [5.41, 5.74) is 1.13. The van der Waals surface area contributed by atoms with Crippen LogP contribution in [0.4, 0.5) is 5.95 Å². The van der Waals surface area contributed by atoms with Gasteiger partial charge in [-0.3, -0.25) is 9.69 Å². The Balaban J connectivity index is 1.67. The molecule has 0 bridgehead atoms. The van der Waals surface area contributed by atoms with Crippen molar-refractivity contribution in [1.29, 1.82) is 0 Å². The predicted octanol–water partition coefficient (Wildman–Crippen LogP) is 1.94. The van der Waals surface area contributed by atoms with Crippen molar-refractivity contribution >= 4 is 11.9 Å². The van der Waals surface area contributed by atoms with Crippen molar-refractivity contribution in [2.24, 2.45) is 5.41 Å². The number of hydrogen-bond donors (Lipinski definition) is 1. The summed E-state index contributed by atoms with van der Waals surface area (Å²) in [6.45, 7) is 7.71. The van der Waals surface area contributed by atoms with Crippen LogP contribution in [-0.4, -0.2) is 58.2 Å². The zero-order valence-corrected chi connectivity index (χ0v) is 14.0. The second kappa shape index (κ2) is 6.43. The Hall–Kier alpha value is -1.69. The van der Waals surface area contributed by atoms with Gasteiger partial charge in [0.2, 0.25) is 5.95 Å². The standard InChI is InChI=1S/C17H26N4O2/c1-3-8-21-12-17(11-14(21)15(22)23)5-9-20(10-6-17)16-18-7-4-13(2)19-16/h4,7,14H,3,5-6,8-12H2,1-2H3,(H,22,23). The van der Waals surface area contributed by atoms with Gasteiger partial charge in [0.25, 0.3) is 0 Å². The van der Waals surface area contributed by atoms with Gasteiger partial charge in [-0.15, -0.1) is 0 Å². The van der Waals surface area contributed by atoms with E-state index in [4.69, 9.17) is 0 Å². The molecule has 1 unspecified atom stereocenters. The van der Waals surface area contributed by atoms with E-state index in [1.54, 1.807) is 6.20 Å². The number of anilines is 1. The molecule has 2 aliphatic heterocycles. The summed E-state index contributed by atoms with van der Waals surface area (Å²) in [5.74, 6) is 0.137. The quantitative estimate of drug-likeness (QED) is 0.915. The zero-order valence-electron chi connectivity index (χ0n) is 14.0. The highest BCUT2D eigenvalue weighted by Gasteiger charge is 2.47. The smallest absolute Gasteiger partial charge is 0.320 e. The van der Waals surface area contributed by atoms with Crippen molar-refractivity contribution in [3.05, 3.63) is 18.0 Å². The van der Waals surface area contributed by atoms with Gasteiger partial charge in [-0.1, -0.05) is 6.92 Å². The Labute approximate surface area is 137 Å². The summed E-state index contributed by atoms with van der Waals surface area (Å²) in [7, 11) is 0. The van der Waals surface area contributed by atoms with Crippen molar-refractivity contribution < 1.29 is 9.90 Å². The van der Waals surface area contributed by atoms with Crippen LogP contribution in [0, 0.1) is 12.3 Å². The molecule has 0 saturated carbocycles. The summed E-state index contributed by atoms with van der Waals surface area (Å²) in [6, 6.07) is 1.60. The number of piperidine rings is 1. The minimum absolute atomic E-state index is 0.151. The van der Waals surface area contributed by atoms with Crippen LogP contribution in [0.5, 0.6) is 0 Å². The number of aliphatic carboxylic acids is 1. The summed E-state index contributed by atoms with van der Waals surface area (Å²) >= 11 is 0. The van der Waals surface area contributed by atoms with Crippen molar-refractivity contribution in [1.82, 2.24) is 14.9 Å². The number of likely N-dealkylation sites (tertiary alicyclic amines) is 1. The van der Waals surface area contributed by atoms with Gasteiger partial charge in [0.1, 0.15) is 6.04 Å². The molecule has 0 aliphatic carbocycles. The molecule has 3 rings (SSSR count). The summed E-state index contributed by atoms with van der Waals surface area (Å²) in [4.78, 5) is 24.9. The lowest BCUT2D eigenvalue weighted by molar-refractivity contribution is -0.142. The van der Waals surface area contributed by atoms with Gasteiger partial charge in [-0.2, -0.15) is 0 Å². The van der Waals surface area contributed by atoms with Crippen LogP contribution < -0.4 is 4.90 Å². The molecule has 6 heteroatoms. The van der Waals surface area contributed by atoms with E-state index >= 15 is 0 Å². The highest BCUT2D eigenvalue weighted by atomic mass is 16.4. The fraction of sp³-hybridized carbons (Fsp3) is 0.706. The van der Waals surface area contributed by atoms with Gasteiger partial charge in [0, 0.05) is 31.5 Å². The van der Waals surface area contributed by atoms with Crippen molar-refractivity contribution in [3.8, 4) is 0 Å². The van der Waals surface area contributed by atoms with Crippen molar-refractivity contribution in [2.75, 3.05) is 31.1 Å². The summed E-state index contributed by atoms with van der Waals surface area (Å²) in [6.07, 6.45) is 5.64. The Kier molecular flexibility index (Phi) is 4.53. The molecule has 0 amide bonds. The molecular formula is C17H26N4O2. The van der Waals surface area contributed by atoms with E-state index in [0.29, 0.717) is 0 Å². The van der Waals surface area contributed by atoms with E-state index in [0.717, 1.165) is 63.5 Å². The van der Waals surface area contributed by atoms with Crippen LogP contribution in [-0.2, 0) is 4.79 Å². The third-order valence-corrected chi connectivity index (χ3v) is 5.29. The normalized spacial score (nSPS) is 24.3. The van der Waals surface area contributed by atoms with E-state index in [9.17, 15) is 9.90 Å². The maximum Gasteiger partial charge on any atom is 0.320 e. The first-order valence-corrected chi connectivity index (χ1v) is 8.54. The average Bonchev–Trinajstić information content (AvgIpc) is 2.87. The molecule has 126 valence electrons. The van der Waals surface area contributed by atoms with Crippen LogP contribution in [0.2, 0.25) is 0 Å². The van der Waals surface area contributed by atoms with Gasteiger partial charge < -0.3 is 10.0 Å². The van der Waals surface area contributed by atoms with Crippen LogP contribution in [0.3, 0.4) is 0 Å². The molecule has 0 radical (unpaired) electrons. The topological polar surface area (TPSA) is 69.6 Å². The first-order valence-electron chi connectivity index (χ1n) is 8.54. The Morgan fingerprint density at radius 3 is 2.78 bits per heavy atom. The van der Waals surface area contributed by atoms with Crippen molar-refractivity contribution in [2.45, 2.75) is 45.6 Å². The number of aromatic nitrogens is 2. The molecule has 1 N–H and O–H groups in total. The molecule has 1 aromatic rings. The molecule has 6 nitrogen and oxygen atoms in total. The second-order valence-electron chi connectivity index (χ2n) is 7.01. The van der Waals surface area contributed by atoms with Crippen LogP contribution in [0.25, 0.3) is 0 Å². The number of hydrogen-bond acceptors (Lipinski definition) is 5. The van der Waals surface area contributed by atoms with E-state index in [1.165, 1.54) is 0 Å². The molecule has 23 heavy (non-hydrogen) atoms. The van der Waals surface area contributed by atoms with Gasteiger partial charge >= 0.3 is 5.97 Å². The van der Waals surface area contributed by atoms with E-state index < -0.39 is 5.97 Å². The van der Waals surface area contributed by atoms with Gasteiger partial charge in [0.15, 0.2) is 0 Å². The lowest BCUT2D eigenvalue weighted by atomic mass is 9.76. The molecular weight excluding hydrogens is 292 g/mol. The fourth-order valence-corrected chi connectivity index (χ4v) is 4.04. The summed E-state index contributed by atoms with van der Waals surface area (Å²) < 4.78 is 0. The monoisotopic (exact) mass is 318 g/mol. The second-order valence-corrected chi connectivity index (χ2v) is 7.01. The molecule has 2 saturated heterocycles. The molecule has 1 aromatic heterocycles. The Morgan fingerprint density at radius 2 is 2.17 bits per heavy atom. The minimum Gasteiger partial charge on any atom is -0.480 e. The van der Waals surface area contributed by atoms with Gasteiger partial charge in [0.05, 0.1) is 0 Å². The van der Waals surface area contributed by atoms with Crippen LogP contribution >= 0.6 is 0 Å². The lowest BCUT2D eigenvalue weighted by Gasteiger charge is -2.39. The van der Waals surface area contributed by atoms with Crippen LogP contribution in [0.15, 0.2) is 12.3 Å². The fourth-order valence-electron chi connectivity index (χ4n) is 4.04. The minimum atomic E-state index is -0.667. The number of carbonyl (C=O) groups is 1. The number of nitrogens with zero attached hydrogens (tertiary/aromatic N) is 4. The summed E-state index contributed by atoms with van der Waals surface area (Å²) in [5, 5.41) is 9.51. The third kappa shape index (κ3) is 3.32. The maximum atomic E-state index is 11.6. The van der Waals surface area contributed by atoms with E-state index in [-0.39, 0.29) is 11.5 Å². The SMILES string of the molecule is CCCN1CC2(CCN(c3nccc(C)n3)CC2)CC1C(=O)O. The number of carboxylic acid groups (broad SMARTS) is 1. The predicted molar refractivity (Wildman–Crippen MR) is 88.6 cm³/mol. The molecule has 1 spiro atoms. The highest BCUT2D eigenvalue weighted by Crippen LogP contribution is 2.43. The highest BCUT2D eigenvalue weighted by molar-refractivity contribution is 5.74. The third-order valence-electron chi connectivity index (χ3n) is 5.29.